The number of hydrogen-bond acceptors (Lipinski definition) is 7. The number of nitrogens with one attached hydrogen (secondary N) is 1. The molecule has 178 valence electrons. The van der Waals surface area contributed by atoms with Crippen molar-refractivity contribution in [3.05, 3.63) is 69.7 Å². The average molecular weight is 500 g/mol. The van der Waals surface area contributed by atoms with Crippen LogP contribution in [0.15, 0.2) is 48.5 Å². The van der Waals surface area contributed by atoms with Crippen LogP contribution in [-0.2, 0) is 16.1 Å². The number of carbonyl (C=O) groups excluding carboxylic acids is 2. The van der Waals surface area contributed by atoms with E-state index in [1.165, 1.54) is 18.4 Å². The summed E-state index contributed by atoms with van der Waals surface area (Å²) in [4.78, 5) is 32.0. The zero-order valence-electron chi connectivity index (χ0n) is 19.0. The first-order valence-corrected chi connectivity index (χ1v) is 12.2. The zero-order valence-corrected chi connectivity index (χ0v) is 20.6. The summed E-state index contributed by atoms with van der Waals surface area (Å²) in [6, 6.07) is 14.8. The van der Waals surface area contributed by atoms with Gasteiger partial charge in [-0.2, -0.15) is 0 Å². The summed E-state index contributed by atoms with van der Waals surface area (Å²) >= 11 is 7.47. The second-order valence-electron chi connectivity index (χ2n) is 8.08. The van der Waals surface area contributed by atoms with E-state index >= 15 is 0 Å². The summed E-state index contributed by atoms with van der Waals surface area (Å²) < 4.78 is 10.3. The predicted octanol–water partition coefficient (Wildman–Crippen LogP) is 5.45. The highest BCUT2D eigenvalue weighted by molar-refractivity contribution is 7.15. The number of ether oxygens (including phenoxy) is 2. The van der Waals surface area contributed by atoms with Gasteiger partial charge in [0.1, 0.15) is 11.6 Å². The topological polar surface area (TPSA) is 80.8 Å². The lowest BCUT2D eigenvalue weighted by Gasteiger charge is -2.34. The summed E-state index contributed by atoms with van der Waals surface area (Å²) in [5.74, 6) is -0.366. The number of aromatic nitrogens is 1. The second kappa shape index (κ2) is 10.9. The minimum atomic E-state index is -0.448. The average Bonchev–Trinajstić information content (AvgIpc) is 3.23. The normalized spacial score (nSPS) is 15.6. The van der Waals surface area contributed by atoms with Crippen molar-refractivity contribution in [2.45, 2.75) is 32.4 Å². The van der Waals surface area contributed by atoms with Crippen LogP contribution in [0.3, 0.4) is 0 Å². The monoisotopic (exact) mass is 499 g/mol. The number of amides is 1. The van der Waals surface area contributed by atoms with Gasteiger partial charge in [-0.1, -0.05) is 29.8 Å². The maximum atomic E-state index is 12.5. The number of hydrogen-bond donors (Lipinski definition) is 1. The molecule has 0 bridgehead atoms. The Morgan fingerprint density at radius 2 is 2.03 bits per heavy atom. The molecule has 34 heavy (non-hydrogen) atoms. The first kappa shape index (κ1) is 24.0. The maximum Gasteiger partial charge on any atom is 0.407 e. The van der Waals surface area contributed by atoms with Gasteiger partial charge < -0.3 is 19.7 Å². The highest BCUT2D eigenvalue weighted by atomic mass is 35.5. The molecule has 2 aromatic carbocycles. The van der Waals surface area contributed by atoms with E-state index in [9.17, 15) is 9.59 Å². The number of methoxy groups -OCH3 is 1. The van der Waals surface area contributed by atoms with Gasteiger partial charge in [-0.25, -0.2) is 14.6 Å². The number of thiazole rings is 1. The highest BCUT2D eigenvalue weighted by Crippen LogP contribution is 2.29. The molecule has 0 saturated carbocycles. The molecule has 0 aliphatic carbocycles. The standard InChI is InChI=1S/C25H26ClN3O4S/c1-16-22(34-23(27-16)17-8-10-19(26)11-9-17)15-33-25(31)28-20-6-4-12-29(14-20)21-7-3-5-18(13-21)24(30)32-2/h3,5,7-11,13,20H,4,6,12,14-15H2,1-2H3,(H,28,31). The Balaban J connectivity index is 1.32. The van der Waals surface area contributed by atoms with Crippen LogP contribution in [0.5, 0.6) is 0 Å². The van der Waals surface area contributed by atoms with Crippen LogP contribution in [0, 0.1) is 6.92 Å². The number of carbonyl (C=O) groups is 2. The Labute approximate surface area is 207 Å². The molecule has 0 radical (unpaired) electrons. The van der Waals surface area contributed by atoms with E-state index in [2.05, 4.69) is 15.2 Å². The van der Waals surface area contributed by atoms with Gasteiger partial charge in [0.25, 0.3) is 0 Å². The van der Waals surface area contributed by atoms with Gasteiger partial charge in [0.05, 0.1) is 23.2 Å². The number of nitrogens with zero attached hydrogens (tertiary/aromatic N) is 2. The third-order valence-electron chi connectivity index (χ3n) is 5.69. The molecule has 1 aromatic heterocycles. The van der Waals surface area contributed by atoms with Gasteiger partial charge in [-0.15, -0.1) is 11.3 Å². The van der Waals surface area contributed by atoms with Crippen molar-refractivity contribution in [3.8, 4) is 10.6 Å². The van der Waals surface area contributed by atoms with Crippen LogP contribution in [-0.4, -0.2) is 43.3 Å². The SMILES string of the molecule is COC(=O)c1cccc(N2CCCC(NC(=O)OCc3sc(-c4ccc(Cl)cc4)nc3C)C2)c1. The Morgan fingerprint density at radius 1 is 1.24 bits per heavy atom. The third kappa shape index (κ3) is 5.87. The molecule has 1 unspecified atom stereocenters. The van der Waals surface area contributed by atoms with Crippen molar-refractivity contribution < 1.29 is 19.1 Å². The molecule has 3 aromatic rings. The van der Waals surface area contributed by atoms with Gasteiger partial charge in [-0.05, 0) is 50.1 Å². The van der Waals surface area contributed by atoms with Gasteiger partial charge in [0.2, 0.25) is 0 Å². The lowest BCUT2D eigenvalue weighted by molar-refractivity contribution is 0.0600. The summed E-state index contributed by atoms with van der Waals surface area (Å²) in [6.45, 7) is 3.57. The van der Waals surface area contributed by atoms with E-state index in [0.29, 0.717) is 17.1 Å². The molecule has 7 nitrogen and oxygen atoms in total. The molecule has 0 spiro atoms. The minimum Gasteiger partial charge on any atom is -0.465 e. The van der Waals surface area contributed by atoms with Crippen LogP contribution in [0.4, 0.5) is 10.5 Å². The van der Waals surface area contributed by atoms with Gasteiger partial charge >= 0.3 is 12.1 Å². The summed E-state index contributed by atoms with van der Waals surface area (Å²) in [6.07, 6.45) is 1.34. The van der Waals surface area contributed by atoms with Crippen LogP contribution in [0.2, 0.25) is 5.02 Å². The molecule has 9 heteroatoms. The van der Waals surface area contributed by atoms with Gasteiger partial charge in [0, 0.05) is 35.4 Å². The van der Waals surface area contributed by atoms with E-state index in [1.54, 1.807) is 6.07 Å². The maximum absolute atomic E-state index is 12.5. The molecule has 1 aliphatic heterocycles. The molecule has 1 amide bonds. The second-order valence-corrected chi connectivity index (χ2v) is 9.60. The summed E-state index contributed by atoms with van der Waals surface area (Å²) in [5.41, 5.74) is 3.26. The number of piperidine rings is 1. The van der Waals surface area contributed by atoms with Crippen molar-refractivity contribution in [2.75, 3.05) is 25.1 Å². The first-order valence-electron chi connectivity index (χ1n) is 11.0. The van der Waals surface area contributed by atoms with E-state index in [4.69, 9.17) is 21.1 Å². The van der Waals surface area contributed by atoms with Gasteiger partial charge in [-0.3, -0.25) is 0 Å². The van der Waals surface area contributed by atoms with Crippen molar-refractivity contribution in [3.63, 3.8) is 0 Å². The number of anilines is 1. The fourth-order valence-electron chi connectivity index (χ4n) is 3.89. The lowest BCUT2D eigenvalue weighted by atomic mass is 10.0. The van der Waals surface area contributed by atoms with E-state index in [0.717, 1.165) is 46.2 Å². The first-order chi connectivity index (χ1) is 16.4. The fourth-order valence-corrected chi connectivity index (χ4v) is 5.00. The molecular formula is C25H26ClN3O4S. The zero-order chi connectivity index (χ0) is 24.1. The molecule has 1 N–H and O–H groups in total. The van der Waals surface area contributed by atoms with E-state index in [1.807, 2.05) is 49.4 Å². The van der Waals surface area contributed by atoms with Crippen molar-refractivity contribution in [1.29, 1.82) is 0 Å². The fraction of sp³-hybridized carbons (Fsp3) is 0.320. The minimum absolute atomic E-state index is 0.0461. The number of esters is 1. The number of halogens is 1. The molecule has 4 rings (SSSR count). The quantitative estimate of drug-likeness (QED) is 0.454. The highest BCUT2D eigenvalue weighted by Gasteiger charge is 2.23. The van der Waals surface area contributed by atoms with Crippen LogP contribution >= 0.6 is 22.9 Å². The van der Waals surface area contributed by atoms with Crippen molar-refractivity contribution in [2.24, 2.45) is 0 Å². The number of aryl methyl sites for hydroxylation is 1. The smallest absolute Gasteiger partial charge is 0.407 e. The Bertz CT molecular complexity index is 1170. The lowest BCUT2D eigenvalue weighted by Crippen LogP contribution is -2.48. The molecule has 1 fully saturated rings. The molecule has 2 heterocycles. The summed E-state index contributed by atoms with van der Waals surface area (Å²) in [5, 5.41) is 4.52. The number of alkyl carbamates (subject to hydrolysis) is 1. The Kier molecular flexibility index (Phi) is 7.70. The van der Waals surface area contributed by atoms with Crippen LogP contribution < -0.4 is 10.2 Å². The molecular weight excluding hydrogens is 474 g/mol. The Hall–Kier alpha value is -3.10. The van der Waals surface area contributed by atoms with E-state index in [-0.39, 0.29) is 18.6 Å². The van der Waals surface area contributed by atoms with Crippen LogP contribution in [0.1, 0.15) is 33.8 Å². The third-order valence-corrected chi connectivity index (χ3v) is 7.13. The Morgan fingerprint density at radius 3 is 2.79 bits per heavy atom. The molecule has 1 saturated heterocycles. The van der Waals surface area contributed by atoms with Gasteiger partial charge in [0.15, 0.2) is 0 Å². The van der Waals surface area contributed by atoms with Crippen molar-refractivity contribution in [1.82, 2.24) is 10.3 Å². The van der Waals surface area contributed by atoms with E-state index < -0.39 is 6.09 Å². The molecule has 1 aliphatic rings. The van der Waals surface area contributed by atoms with Crippen LogP contribution in [0.25, 0.3) is 10.6 Å². The number of rotatable bonds is 6. The van der Waals surface area contributed by atoms with Crippen molar-refractivity contribution >= 4 is 40.7 Å². The summed E-state index contributed by atoms with van der Waals surface area (Å²) in [7, 11) is 1.37. The number of benzene rings is 2. The largest absolute Gasteiger partial charge is 0.465 e. The predicted molar refractivity (Wildman–Crippen MR) is 134 cm³/mol. The molecule has 1 atom stereocenters.